The van der Waals surface area contributed by atoms with Gasteiger partial charge in [-0.1, -0.05) is 0 Å². The molecule has 10 heavy (non-hydrogen) atoms. The minimum Gasteiger partial charge on any atom is -0.369 e. The molecule has 0 aliphatic heterocycles. The summed E-state index contributed by atoms with van der Waals surface area (Å²) < 4.78 is 1.90. The maximum atomic E-state index is 4.22. The minimum absolute atomic E-state index is 0.931. The van der Waals surface area contributed by atoms with Crippen LogP contribution in [0.15, 0.2) is 12.3 Å². The molecule has 1 aromatic heterocycles. The monoisotopic (exact) mass is 139 g/mol. The maximum Gasteiger partial charge on any atom is 0.147 e. The van der Waals surface area contributed by atoms with E-state index in [4.69, 9.17) is 0 Å². The molecule has 0 aromatic carbocycles. The van der Waals surface area contributed by atoms with Crippen molar-refractivity contribution in [2.75, 3.05) is 11.9 Å². The quantitative estimate of drug-likeness (QED) is 0.684. The summed E-state index contributed by atoms with van der Waals surface area (Å²) in [7, 11) is 0. The third-order valence-electron chi connectivity index (χ3n) is 1.32. The molecule has 3 nitrogen and oxygen atoms in total. The molecule has 0 saturated carbocycles. The highest BCUT2D eigenvalue weighted by Gasteiger charge is 1.92. The van der Waals surface area contributed by atoms with E-state index < -0.39 is 0 Å². The first kappa shape index (κ1) is 7.12. The molecule has 0 atom stereocenters. The van der Waals surface area contributed by atoms with E-state index in [1.165, 1.54) is 0 Å². The van der Waals surface area contributed by atoms with Gasteiger partial charge in [0.2, 0.25) is 0 Å². The van der Waals surface area contributed by atoms with Crippen molar-refractivity contribution in [3.8, 4) is 0 Å². The molecule has 1 aromatic rings. The summed E-state index contributed by atoms with van der Waals surface area (Å²) in [5.41, 5.74) is 0. The van der Waals surface area contributed by atoms with E-state index in [1.807, 2.05) is 16.9 Å². The Hall–Kier alpha value is -0.990. The number of rotatable bonds is 3. The molecule has 0 fully saturated rings. The number of nitrogens with zero attached hydrogens (tertiary/aromatic N) is 2. The van der Waals surface area contributed by atoms with E-state index in [2.05, 4.69) is 24.3 Å². The van der Waals surface area contributed by atoms with Crippen LogP contribution in [0.4, 0.5) is 5.82 Å². The topological polar surface area (TPSA) is 29.9 Å². The average molecular weight is 139 g/mol. The smallest absolute Gasteiger partial charge is 0.147 e. The molecule has 3 heteroatoms. The average Bonchev–Trinajstić information content (AvgIpc) is 2.37. The van der Waals surface area contributed by atoms with Crippen LogP contribution in [0.1, 0.15) is 13.8 Å². The van der Waals surface area contributed by atoms with E-state index in [-0.39, 0.29) is 0 Å². The predicted molar refractivity (Wildman–Crippen MR) is 42.1 cm³/mol. The van der Waals surface area contributed by atoms with E-state index >= 15 is 0 Å². The van der Waals surface area contributed by atoms with Crippen molar-refractivity contribution in [3.05, 3.63) is 12.3 Å². The van der Waals surface area contributed by atoms with Gasteiger partial charge in [-0.05, 0) is 13.8 Å². The molecule has 56 valence electrons. The summed E-state index contributed by atoms with van der Waals surface area (Å²) in [6.07, 6.45) is 1.97. The molecular weight excluding hydrogens is 126 g/mol. The number of aromatic nitrogens is 2. The molecule has 0 saturated heterocycles. The van der Waals surface area contributed by atoms with Gasteiger partial charge in [0, 0.05) is 25.4 Å². The van der Waals surface area contributed by atoms with Gasteiger partial charge in [0.15, 0.2) is 0 Å². The fourth-order valence-corrected chi connectivity index (χ4v) is 0.813. The summed E-state index contributed by atoms with van der Waals surface area (Å²) in [6.45, 7) is 6.00. The van der Waals surface area contributed by atoms with Gasteiger partial charge in [0.1, 0.15) is 5.82 Å². The van der Waals surface area contributed by atoms with Crippen molar-refractivity contribution in [1.29, 1.82) is 0 Å². The number of anilines is 1. The zero-order valence-electron chi connectivity index (χ0n) is 6.46. The number of aryl methyl sites for hydroxylation is 1. The molecule has 0 unspecified atom stereocenters. The van der Waals surface area contributed by atoms with Gasteiger partial charge in [0.05, 0.1) is 0 Å². The van der Waals surface area contributed by atoms with Gasteiger partial charge in [-0.15, -0.1) is 0 Å². The van der Waals surface area contributed by atoms with Crippen LogP contribution in [0.2, 0.25) is 0 Å². The fourth-order valence-electron chi connectivity index (χ4n) is 0.813. The Morgan fingerprint density at radius 1 is 1.60 bits per heavy atom. The standard InChI is InChI=1S/C7H13N3/c1-3-8-7-5-6-10(4-2)9-7/h5-6H,3-4H2,1-2H3,(H,8,9). The summed E-state index contributed by atoms with van der Waals surface area (Å²) >= 11 is 0. The van der Waals surface area contributed by atoms with Gasteiger partial charge >= 0.3 is 0 Å². The second-order valence-electron chi connectivity index (χ2n) is 2.09. The third-order valence-corrected chi connectivity index (χ3v) is 1.32. The van der Waals surface area contributed by atoms with Crippen molar-refractivity contribution < 1.29 is 0 Å². The lowest BCUT2D eigenvalue weighted by atomic mass is 10.6. The van der Waals surface area contributed by atoms with Crippen LogP contribution in [-0.4, -0.2) is 16.3 Å². The van der Waals surface area contributed by atoms with Crippen LogP contribution in [0.3, 0.4) is 0 Å². The molecule has 1 N–H and O–H groups in total. The molecule has 0 spiro atoms. The lowest BCUT2D eigenvalue weighted by molar-refractivity contribution is 0.661. The Bertz CT molecular complexity index is 192. The fraction of sp³-hybridized carbons (Fsp3) is 0.571. The molecule has 0 aliphatic carbocycles. The van der Waals surface area contributed by atoms with Crippen molar-refractivity contribution in [2.24, 2.45) is 0 Å². The van der Waals surface area contributed by atoms with Gasteiger partial charge in [0.25, 0.3) is 0 Å². The first-order valence-corrected chi connectivity index (χ1v) is 3.64. The van der Waals surface area contributed by atoms with E-state index in [1.54, 1.807) is 0 Å². The van der Waals surface area contributed by atoms with Crippen LogP contribution in [-0.2, 0) is 6.54 Å². The van der Waals surface area contributed by atoms with Crippen LogP contribution in [0, 0.1) is 0 Å². The summed E-state index contributed by atoms with van der Waals surface area (Å²) in [5.74, 6) is 0.962. The Morgan fingerprint density at radius 3 is 2.90 bits per heavy atom. The van der Waals surface area contributed by atoms with Crippen molar-refractivity contribution in [1.82, 2.24) is 9.78 Å². The summed E-state index contributed by atoms with van der Waals surface area (Å²) in [4.78, 5) is 0. The van der Waals surface area contributed by atoms with Crippen molar-refractivity contribution in [2.45, 2.75) is 20.4 Å². The van der Waals surface area contributed by atoms with Crippen LogP contribution >= 0.6 is 0 Å². The number of hydrogen-bond donors (Lipinski definition) is 1. The zero-order valence-corrected chi connectivity index (χ0v) is 6.46. The molecule has 0 bridgehead atoms. The highest BCUT2D eigenvalue weighted by atomic mass is 15.3. The SMILES string of the molecule is CCNc1ccn(CC)n1. The van der Waals surface area contributed by atoms with Crippen molar-refractivity contribution in [3.63, 3.8) is 0 Å². The van der Waals surface area contributed by atoms with E-state index in [9.17, 15) is 0 Å². The number of nitrogens with one attached hydrogen (secondary N) is 1. The molecule has 1 heterocycles. The zero-order chi connectivity index (χ0) is 7.40. The first-order chi connectivity index (χ1) is 4.86. The second kappa shape index (κ2) is 3.25. The normalized spacial score (nSPS) is 9.80. The highest BCUT2D eigenvalue weighted by Crippen LogP contribution is 2.00. The predicted octanol–water partition coefficient (Wildman–Crippen LogP) is 1.33. The summed E-state index contributed by atoms with van der Waals surface area (Å²) in [6, 6.07) is 1.98. The van der Waals surface area contributed by atoms with Crippen LogP contribution in [0.5, 0.6) is 0 Å². The van der Waals surface area contributed by atoms with Crippen LogP contribution in [0.25, 0.3) is 0 Å². The summed E-state index contributed by atoms with van der Waals surface area (Å²) in [5, 5.41) is 7.35. The largest absolute Gasteiger partial charge is 0.369 e. The van der Waals surface area contributed by atoms with Crippen molar-refractivity contribution >= 4 is 5.82 Å². The van der Waals surface area contributed by atoms with E-state index in [0.717, 1.165) is 18.9 Å². The Kier molecular flexibility index (Phi) is 2.31. The van der Waals surface area contributed by atoms with Crippen LogP contribution < -0.4 is 5.32 Å². The Labute approximate surface area is 61.0 Å². The second-order valence-corrected chi connectivity index (χ2v) is 2.09. The molecule has 1 rings (SSSR count). The molecule has 0 amide bonds. The maximum absolute atomic E-state index is 4.22. The molecule has 0 radical (unpaired) electrons. The lowest BCUT2D eigenvalue weighted by Gasteiger charge is -1.95. The minimum atomic E-state index is 0.931. The lowest BCUT2D eigenvalue weighted by Crippen LogP contribution is -1.99. The third kappa shape index (κ3) is 1.50. The molecule has 0 aliphatic rings. The van der Waals surface area contributed by atoms with Gasteiger partial charge in [-0.2, -0.15) is 5.10 Å². The first-order valence-electron chi connectivity index (χ1n) is 3.64. The van der Waals surface area contributed by atoms with Gasteiger partial charge < -0.3 is 5.32 Å². The highest BCUT2D eigenvalue weighted by molar-refractivity contribution is 5.31. The molecular formula is C7H13N3. The Morgan fingerprint density at radius 2 is 2.40 bits per heavy atom. The van der Waals surface area contributed by atoms with Gasteiger partial charge in [-0.25, -0.2) is 0 Å². The van der Waals surface area contributed by atoms with Gasteiger partial charge in [-0.3, -0.25) is 4.68 Å². The Balaban J connectivity index is 2.59. The number of hydrogen-bond acceptors (Lipinski definition) is 2. The van der Waals surface area contributed by atoms with E-state index in [0.29, 0.717) is 0 Å².